The zero-order valence-electron chi connectivity index (χ0n) is 10.3. The quantitative estimate of drug-likeness (QED) is 0.836. The van der Waals surface area contributed by atoms with Gasteiger partial charge in [-0.1, -0.05) is 32.0 Å². The Morgan fingerprint density at radius 3 is 2.47 bits per heavy atom. The van der Waals surface area contributed by atoms with Crippen molar-refractivity contribution < 1.29 is 4.79 Å². The van der Waals surface area contributed by atoms with Crippen LogP contribution in [0.1, 0.15) is 13.8 Å². The second-order valence-electron chi connectivity index (χ2n) is 3.70. The number of amides is 1. The fraction of sp³-hybridized carbons (Fsp3) is 0.385. The lowest BCUT2D eigenvalue weighted by molar-refractivity contribution is -0.117. The Morgan fingerprint density at radius 2 is 1.82 bits per heavy atom. The van der Waals surface area contributed by atoms with E-state index in [4.69, 9.17) is 0 Å². The van der Waals surface area contributed by atoms with Crippen LogP contribution in [0.2, 0.25) is 0 Å². The molecule has 0 radical (unpaired) electrons. The molecule has 0 aliphatic carbocycles. The summed E-state index contributed by atoms with van der Waals surface area (Å²) in [4.78, 5) is 25.2. The number of carbonyl (C=O) groups is 1. The van der Waals surface area contributed by atoms with Gasteiger partial charge in [-0.05, 0) is 25.2 Å². The average molecular weight is 234 g/mol. The number of hydrogen-bond donors (Lipinski definition) is 1. The lowest BCUT2D eigenvalue weighted by Crippen LogP contribution is -2.33. The van der Waals surface area contributed by atoms with E-state index >= 15 is 0 Å². The number of anilines is 1. The van der Waals surface area contributed by atoms with Gasteiger partial charge in [0.15, 0.2) is 0 Å². The van der Waals surface area contributed by atoms with E-state index in [9.17, 15) is 9.59 Å². The molecule has 1 amide bonds. The molecule has 0 atom stereocenters. The van der Waals surface area contributed by atoms with Crippen molar-refractivity contribution in [1.29, 1.82) is 0 Å². The summed E-state index contributed by atoms with van der Waals surface area (Å²) in [6.07, 6.45) is 0. The first-order chi connectivity index (χ1) is 8.17. The van der Waals surface area contributed by atoms with E-state index < -0.39 is 0 Å². The number of carbonyl (C=O) groups excluding carboxylic acids is 1. The summed E-state index contributed by atoms with van der Waals surface area (Å²) in [5, 5.41) is 2.64. The van der Waals surface area contributed by atoms with E-state index in [1.54, 1.807) is 24.3 Å². The summed E-state index contributed by atoms with van der Waals surface area (Å²) in [6.45, 7) is 5.94. The minimum absolute atomic E-state index is 0.156. The molecule has 4 nitrogen and oxygen atoms in total. The lowest BCUT2D eigenvalue weighted by Gasteiger charge is -2.16. The summed E-state index contributed by atoms with van der Waals surface area (Å²) in [5.41, 5.74) is 0.148. The molecule has 0 aliphatic heterocycles. The zero-order chi connectivity index (χ0) is 12.7. The van der Waals surface area contributed by atoms with Crippen molar-refractivity contribution >= 4 is 11.6 Å². The second-order valence-corrected chi connectivity index (χ2v) is 3.70. The van der Waals surface area contributed by atoms with Crippen molar-refractivity contribution in [3.8, 4) is 0 Å². The SMILES string of the molecule is CCN(CC)CC(=O)Nc1cccccc1=O. The summed E-state index contributed by atoms with van der Waals surface area (Å²) in [5.74, 6) is -0.156. The lowest BCUT2D eigenvalue weighted by atomic mass is 10.4. The first kappa shape index (κ1) is 13.4. The minimum atomic E-state index is -0.178. The highest BCUT2D eigenvalue weighted by atomic mass is 16.2. The van der Waals surface area contributed by atoms with Gasteiger partial charge in [0.1, 0.15) is 0 Å². The third kappa shape index (κ3) is 4.36. The molecule has 4 heteroatoms. The highest BCUT2D eigenvalue weighted by molar-refractivity contribution is 5.92. The standard InChI is InChI=1S/C13H18N2O2/c1-3-15(4-2)10-13(17)14-11-8-6-5-7-9-12(11)16/h5-9H,3-4,10H2,1-2H3,(H,14,16,17). The van der Waals surface area contributed by atoms with Crippen LogP contribution in [0.3, 0.4) is 0 Å². The topological polar surface area (TPSA) is 49.4 Å². The highest BCUT2D eigenvalue weighted by Gasteiger charge is 2.08. The van der Waals surface area contributed by atoms with Crippen LogP contribution in [0.25, 0.3) is 0 Å². The van der Waals surface area contributed by atoms with Crippen molar-refractivity contribution in [2.24, 2.45) is 0 Å². The van der Waals surface area contributed by atoms with Gasteiger partial charge >= 0.3 is 0 Å². The van der Waals surface area contributed by atoms with E-state index in [0.29, 0.717) is 12.2 Å². The molecule has 1 N–H and O–H groups in total. The van der Waals surface area contributed by atoms with Crippen molar-refractivity contribution in [3.05, 3.63) is 40.6 Å². The second kappa shape index (κ2) is 6.81. The molecule has 0 aliphatic rings. The van der Waals surface area contributed by atoms with Crippen LogP contribution in [0.4, 0.5) is 5.69 Å². The molecule has 0 bridgehead atoms. The number of rotatable bonds is 5. The van der Waals surface area contributed by atoms with Gasteiger partial charge in [0.05, 0.1) is 12.2 Å². The van der Waals surface area contributed by atoms with Crippen molar-refractivity contribution in [3.63, 3.8) is 0 Å². The number of nitrogens with zero attached hydrogens (tertiary/aromatic N) is 1. The molecule has 0 saturated carbocycles. The third-order valence-electron chi connectivity index (χ3n) is 2.53. The summed E-state index contributed by atoms with van der Waals surface area (Å²) >= 11 is 0. The van der Waals surface area contributed by atoms with Gasteiger partial charge in [-0.15, -0.1) is 0 Å². The minimum Gasteiger partial charge on any atom is -0.322 e. The van der Waals surface area contributed by atoms with Gasteiger partial charge in [0.25, 0.3) is 0 Å². The van der Waals surface area contributed by atoms with E-state index in [2.05, 4.69) is 5.32 Å². The normalized spacial score (nSPS) is 10.3. The Kier molecular flexibility index (Phi) is 5.36. The molecule has 17 heavy (non-hydrogen) atoms. The third-order valence-corrected chi connectivity index (χ3v) is 2.53. The molecule has 1 rings (SSSR count). The van der Waals surface area contributed by atoms with Crippen LogP contribution in [-0.2, 0) is 4.79 Å². The maximum Gasteiger partial charge on any atom is 0.238 e. The Hall–Kier alpha value is -1.68. The van der Waals surface area contributed by atoms with Gasteiger partial charge < -0.3 is 5.32 Å². The van der Waals surface area contributed by atoms with Crippen molar-refractivity contribution in [1.82, 2.24) is 4.90 Å². The predicted octanol–water partition coefficient (Wildman–Crippen LogP) is 1.33. The van der Waals surface area contributed by atoms with Crippen LogP contribution < -0.4 is 10.7 Å². The monoisotopic (exact) mass is 234 g/mol. The molecule has 0 heterocycles. The maximum absolute atomic E-state index is 11.7. The van der Waals surface area contributed by atoms with Crippen molar-refractivity contribution in [2.75, 3.05) is 25.0 Å². The Labute approximate surface area is 101 Å². The predicted molar refractivity (Wildman–Crippen MR) is 69.1 cm³/mol. The fourth-order valence-corrected chi connectivity index (χ4v) is 1.47. The molecule has 1 aromatic rings. The van der Waals surface area contributed by atoms with E-state index in [1.165, 1.54) is 6.07 Å². The van der Waals surface area contributed by atoms with E-state index in [0.717, 1.165) is 13.1 Å². The molecular formula is C13H18N2O2. The average Bonchev–Trinajstić information content (AvgIpc) is 2.52. The van der Waals surface area contributed by atoms with Crippen LogP contribution in [0, 0.1) is 0 Å². The fourth-order valence-electron chi connectivity index (χ4n) is 1.47. The molecule has 0 fully saturated rings. The Balaban J connectivity index is 2.69. The molecule has 92 valence electrons. The summed E-state index contributed by atoms with van der Waals surface area (Å²) in [7, 11) is 0. The maximum atomic E-state index is 11.7. The summed E-state index contributed by atoms with van der Waals surface area (Å²) < 4.78 is 0. The number of hydrogen-bond acceptors (Lipinski definition) is 3. The van der Waals surface area contributed by atoms with Gasteiger partial charge in [0, 0.05) is 0 Å². The molecule has 1 aromatic carbocycles. The first-order valence-corrected chi connectivity index (χ1v) is 5.79. The van der Waals surface area contributed by atoms with Gasteiger partial charge in [-0.25, -0.2) is 0 Å². The van der Waals surface area contributed by atoms with Crippen LogP contribution in [0.15, 0.2) is 35.1 Å². The first-order valence-electron chi connectivity index (χ1n) is 5.79. The van der Waals surface area contributed by atoms with Crippen LogP contribution in [-0.4, -0.2) is 30.4 Å². The Morgan fingerprint density at radius 1 is 1.18 bits per heavy atom. The number of likely N-dealkylation sites (N-methyl/N-ethyl adjacent to an activating group) is 1. The molecular weight excluding hydrogens is 216 g/mol. The largest absolute Gasteiger partial charge is 0.322 e. The zero-order valence-corrected chi connectivity index (χ0v) is 10.3. The van der Waals surface area contributed by atoms with E-state index in [1.807, 2.05) is 18.7 Å². The molecule has 0 saturated heterocycles. The van der Waals surface area contributed by atoms with Crippen LogP contribution >= 0.6 is 0 Å². The van der Waals surface area contributed by atoms with E-state index in [-0.39, 0.29) is 11.3 Å². The van der Waals surface area contributed by atoms with Gasteiger partial charge in [-0.2, -0.15) is 0 Å². The molecule has 0 aromatic heterocycles. The number of nitrogens with one attached hydrogen (secondary N) is 1. The molecule has 0 unspecified atom stereocenters. The Bertz CT molecular complexity index is 428. The summed E-state index contributed by atoms with van der Waals surface area (Å²) in [6, 6.07) is 8.19. The highest BCUT2D eigenvalue weighted by Crippen LogP contribution is 1.97. The van der Waals surface area contributed by atoms with Gasteiger partial charge in [-0.3, -0.25) is 14.5 Å². The molecule has 0 spiro atoms. The van der Waals surface area contributed by atoms with Gasteiger partial charge in [0.2, 0.25) is 11.3 Å². The van der Waals surface area contributed by atoms with Crippen molar-refractivity contribution in [2.45, 2.75) is 13.8 Å². The van der Waals surface area contributed by atoms with Crippen LogP contribution in [0.5, 0.6) is 0 Å². The smallest absolute Gasteiger partial charge is 0.238 e.